The van der Waals surface area contributed by atoms with Crippen LogP contribution in [0.4, 0.5) is 11.4 Å². The molecule has 6 nitrogen and oxygen atoms in total. The molecule has 0 radical (unpaired) electrons. The Hall–Kier alpha value is -2.03. The predicted octanol–water partition coefficient (Wildman–Crippen LogP) is 3.97. The van der Waals surface area contributed by atoms with Crippen LogP contribution in [0.3, 0.4) is 0 Å². The summed E-state index contributed by atoms with van der Waals surface area (Å²) in [6.07, 6.45) is 3.60. The Morgan fingerprint density at radius 2 is 1.89 bits per heavy atom. The van der Waals surface area contributed by atoms with Gasteiger partial charge in [-0.3, -0.25) is 9.00 Å². The summed E-state index contributed by atoms with van der Waals surface area (Å²) in [7, 11) is 0.762. The molecule has 0 unspecified atom stereocenters. The lowest BCUT2D eigenvalue weighted by Crippen LogP contribution is -2.33. The van der Waals surface area contributed by atoms with Gasteiger partial charge < -0.3 is 15.7 Å². The van der Waals surface area contributed by atoms with Crippen LogP contribution in [0.15, 0.2) is 57.2 Å². The molecule has 3 N–H and O–H groups in total. The highest BCUT2D eigenvalue weighted by Crippen LogP contribution is 2.33. The third kappa shape index (κ3) is 7.24. The fourth-order valence-electron chi connectivity index (χ4n) is 1.94. The number of carboxylic acid groups (broad SMARTS) is 1. The third-order valence-electron chi connectivity index (χ3n) is 3.28. The number of hydrogen-bond acceptors (Lipinski definition) is 4. The largest absolute Gasteiger partial charge is 0.481 e. The highest BCUT2D eigenvalue weighted by atomic mass is 35.5. The van der Waals surface area contributed by atoms with Crippen molar-refractivity contribution < 1.29 is 14.1 Å². The SMILES string of the molecule is CC(=O)O.CSc1cccc(N=C(N)N(C)c2cccc([S@](C)=O)c2)c1Cl. The van der Waals surface area contributed by atoms with Gasteiger partial charge in [0, 0.05) is 46.5 Å². The van der Waals surface area contributed by atoms with Crippen molar-refractivity contribution in [3.8, 4) is 0 Å². The van der Waals surface area contributed by atoms with Crippen LogP contribution in [0.25, 0.3) is 0 Å². The monoisotopic (exact) mass is 427 g/mol. The minimum Gasteiger partial charge on any atom is -0.481 e. The number of nitrogens with two attached hydrogens (primary N) is 1. The quantitative estimate of drug-likeness (QED) is 0.435. The Bertz CT molecular complexity index is 855. The number of aliphatic carboxylic acids is 1. The fourth-order valence-corrected chi connectivity index (χ4v) is 3.40. The number of benzene rings is 2. The van der Waals surface area contributed by atoms with Gasteiger partial charge in [0.15, 0.2) is 0 Å². The van der Waals surface area contributed by atoms with E-state index < -0.39 is 16.8 Å². The topological polar surface area (TPSA) is 96.0 Å². The molecule has 2 rings (SSSR count). The van der Waals surface area contributed by atoms with Crippen LogP contribution in [0.2, 0.25) is 5.02 Å². The summed E-state index contributed by atoms with van der Waals surface area (Å²) in [5, 5.41) is 8.00. The van der Waals surface area contributed by atoms with Gasteiger partial charge in [-0.1, -0.05) is 23.7 Å². The van der Waals surface area contributed by atoms with E-state index >= 15 is 0 Å². The van der Waals surface area contributed by atoms with Gasteiger partial charge in [-0.05, 0) is 36.6 Å². The molecule has 0 aliphatic heterocycles. The first-order chi connectivity index (χ1) is 12.7. The van der Waals surface area contributed by atoms with Crippen molar-refractivity contribution in [3.63, 3.8) is 0 Å². The van der Waals surface area contributed by atoms with E-state index in [1.54, 1.807) is 22.9 Å². The summed E-state index contributed by atoms with van der Waals surface area (Å²) in [4.78, 5) is 16.8. The first kappa shape index (κ1) is 23.0. The van der Waals surface area contributed by atoms with Crippen molar-refractivity contribution in [1.82, 2.24) is 0 Å². The van der Waals surface area contributed by atoms with Crippen LogP contribution in [-0.4, -0.2) is 40.8 Å². The minimum atomic E-state index is -1.05. The molecule has 146 valence electrons. The number of carboxylic acids is 1. The Labute approximate surface area is 170 Å². The summed E-state index contributed by atoms with van der Waals surface area (Å²) >= 11 is 7.89. The van der Waals surface area contributed by atoms with E-state index in [-0.39, 0.29) is 0 Å². The van der Waals surface area contributed by atoms with Crippen molar-refractivity contribution in [1.29, 1.82) is 0 Å². The van der Waals surface area contributed by atoms with Crippen molar-refractivity contribution >= 4 is 57.5 Å². The normalized spacial score (nSPS) is 12.0. The minimum absolute atomic E-state index is 0.309. The number of anilines is 1. The molecule has 2 aromatic carbocycles. The van der Waals surface area contributed by atoms with Crippen LogP contribution in [0, 0.1) is 0 Å². The van der Waals surface area contributed by atoms with Crippen LogP contribution in [-0.2, 0) is 15.6 Å². The van der Waals surface area contributed by atoms with Crippen molar-refractivity contribution in [3.05, 3.63) is 47.5 Å². The predicted molar refractivity (Wildman–Crippen MR) is 115 cm³/mol. The molecule has 0 heterocycles. The first-order valence-corrected chi connectivity index (χ1v) is 10.9. The number of guanidine groups is 1. The number of carbonyl (C=O) groups is 1. The van der Waals surface area contributed by atoms with Gasteiger partial charge in [0.1, 0.15) is 0 Å². The summed E-state index contributed by atoms with van der Waals surface area (Å²) in [5.41, 5.74) is 7.54. The van der Waals surface area contributed by atoms with Gasteiger partial charge in [-0.15, -0.1) is 11.8 Å². The second kappa shape index (κ2) is 11.0. The van der Waals surface area contributed by atoms with Crippen LogP contribution in [0.5, 0.6) is 0 Å². The maximum absolute atomic E-state index is 11.6. The zero-order valence-electron chi connectivity index (χ0n) is 15.5. The second-order valence-electron chi connectivity index (χ2n) is 5.29. The highest BCUT2D eigenvalue weighted by molar-refractivity contribution is 7.98. The van der Waals surface area contributed by atoms with E-state index in [0.717, 1.165) is 22.4 Å². The van der Waals surface area contributed by atoms with Crippen LogP contribution < -0.4 is 10.6 Å². The van der Waals surface area contributed by atoms with Gasteiger partial charge in [0.2, 0.25) is 5.96 Å². The number of hydrogen-bond donors (Lipinski definition) is 2. The lowest BCUT2D eigenvalue weighted by atomic mass is 10.3. The molecule has 0 saturated heterocycles. The van der Waals surface area contributed by atoms with Gasteiger partial charge in [-0.2, -0.15) is 0 Å². The number of nitrogens with zero attached hydrogens (tertiary/aromatic N) is 2. The lowest BCUT2D eigenvalue weighted by Gasteiger charge is -2.19. The van der Waals surface area contributed by atoms with E-state index in [1.165, 1.54) is 0 Å². The molecule has 0 aliphatic carbocycles. The molecule has 0 spiro atoms. The molecule has 27 heavy (non-hydrogen) atoms. The average molecular weight is 428 g/mol. The summed E-state index contributed by atoms with van der Waals surface area (Å²) in [5.74, 6) is -0.524. The van der Waals surface area contributed by atoms with Gasteiger partial charge in [0.05, 0.1) is 10.7 Å². The zero-order chi connectivity index (χ0) is 20.6. The van der Waals surface area contributed by atoms with Crippen molar-refractivity contribution in [2.24, 2.45) is 10.7 Å². The molecule has 0 aromatic heterocycles. The smallest absolute Gasteiger partial charge is 0.300 e. The highest BCUT2D eigenvalue weighted by Gasteiger charge is 2.10. The molecular weight excluding hydrogens is 406 g/mol. The second-order valence-corrected chi connectivity index (χ2v) is 7.90. The number of halogens is 1. The van der Waals surface area contributed by atoms with E-state index in [1.807, 2.05) is 55.8 Å². The molecule has 0 aliphatic rings. The van der Waals surface area contributed by atoms with E-state index in [2.05, 4.69) is 4.99 Å². The molecule has 0 saturated carbocycles. The number of rotatable bonds is 4. The molecule has 0 fully saturated rings. The number of thioether (sulfide) groups is 1. The summed E-state index contributed by atoms with van der Waals surface area (Å²) < 4.78 is 11.6. The van der Waals surface area contributed by atoms with Gasteiger partial charge in [0.25, 0.3) is 5.97 Å². The molecule has 0 amide bonds. The van der Waals surface area contributed by atoms with Gasteiger partial charge >= 0.3 is 0 Å². The average Bonchev–Trinajstić information content (AvgIpc) is 2.62. The Balaban J connectivity index is 0.000000828. The maximum atomic E-state index is 11.6. The summed E-state index contributed by atoms with van der Waals surface area (Å²) in [6.45, 7) is 1.08. The van der Waals surface area contributed by atoms with Gasteiger partial charge in [-0.25, -0.2) is 4.99 Å². The molecule has 1 atom stereocenters. The van der Waals surface area contributed by atoms with Crippen LogP contribution in [0.1, 0.15) is 6.92 Å². The molecule has 9 heteroatoms. The zero-order valence-corrected chi connectivity index (χ0v) is 17.9. The standard InChI is InChI=1S/C16H18ClN3OS2.C2H4O2/c1-20(11-6-4-7-12(10-11)23(3)21)16(18)19-13-8-5-9-14(22-2)15(13)17;1-2(3)4/h4-10H,1-3H3,(H2,18,19);1H3,(H,3,4)/t23-;/m0./s1. The van der Waals surface area contributed by atoms with Crippen molar-refractivity contribution in [2.45, 2.75) is 16.7 Å². The van der Waals surface area contributed by atoms with E-state index in [9.17, 15) is 4.21 Å². The molecule has 2 aromatic rings. The molecular formula is C18H22ClN3O3S2. The summed E-state index contributed by atoms with van der Waals surface area (Å²) in [6, 6.07) is 13.0. The fraction of sp³-hybridized carbons (Fsp3) is 0.222. The third-order valence-corrected chi connectivity index (χ3v) is 5.49. The first-order valence-electron chi connectivity index (χ1n) is 7.70. The van der Waals surface area contributed by atoms with E-state index in [0.29, 0.717) is 16.7 Å². The van der Waals surface area contributed by atoms with Crippen molar-refractivity contribution in [2.75, 3.05) is 24.5 Å². The maximum Gasteiger partial charge on any atom is 0.300 e. The van der Waals surface area contributed by atoms with Crippen LogP contribution >= 0.6 is 23.4 Å². The number of aliphatic imine (C=N–C) groups is 1. The molecule has 0 bridgehead atoms. The Kier molecular flexibility index (Phi) is 9.34. The Morgan fingerprint density at radius 3 is 2.44 bits per heavy atom. The van der Waals surface area contributed by atoms with E-state index in [4.69, 9.17) is 27.2 Å². The lowest BCUT2D eigenvalue weighted by molar-refractivity contribution is -0.134. The Morgan fingerprint density at radius 1 is 1.30 bits per heavy atom.